The minimum absolute atomic E-state index is 0.159. The lowest BCUT2D eigenvalue weighted by Crippen LogP contribution is -2.31. The molecule has 0 saturated carbocycles. The summed E-state index contributed by atoms with van der Waals surface area (Å²) >= 11 is 0. The predicted molar refractivity (Wildman–Crippen MR) is 34.9 cm³/mol. The highest BCUT2D eigenvalue weighted by Gasteiger charge is 2.33. The zero-order chi connectivity index (χ0) is 7.84. The second-order valence-electron chi connectivity index (χ2n) is 2.69. The number of ether oxygens (including phenoxy) is 1. The predicted octanol–water partition coefficient (Wildman–Crippen LogP) is -1.06. The van der Waals surface area contributed by atoms with E-state index in [4.69, 9.17) is 4.74 Å². The molecule has 2 aliphatic heterocycles. The summed E-state index contributed by atoms with van der Waals surface area (Å²) < 4.78 is 4.92. The van der Waals surface area contributed by atoms with Gasteiger partial charge in [0.15, 0.2) is 0 Å². The van der Waals surface area contributed by atoms with Gasteiger partial charge in [-0.15, -0.1) is 0 Å². The average molecular weight is 156 g/mol. The van der Waals surface area contributed by atoms with Gasteiger partial charge in [0.1, 0.15) is 6.54 Å². The van der Waals surface area contributed by atoms with E-state index in [-0.39, 0.29) is 24.6 Å². The quantitative estimate of drug-likeness (QED) is 0.409. The molecule has 2 fully saturated rings. The van der Waals surface area contributed by atoms with Crippen LogP contribution in [-0.2, 0) is 9.53 Å². The van der Waals surface area contributed by atoms with Crippen LogP contribution < -0.4 is 5.32 Å². The second-order valence-corrected chi connectivity index (χ2v) is 2.69. The Labute approximate surface area is 63.3 Å². The largest absolute Gasteiger partial charge is 0.371 e. The summed E-state index contributed by atoms with van der Waals surface area (Å²) in [5, 5.41) is 2.19. The molecule has 0 spiro atoms. The normalized spacial score (nSPS) is 29.1. The van der Waals surface area contributed by atoms with Crippen molar-refractivity contribution in [2.75, 3.05) is 19.7 Å². The molecule has 1 atom stereocenters. The second kappa shape index (κ2) is 2.20. The standard InChI is InChI=1S/C6H8N2O3/c9-5-2-8(6(10)7-5)1-4-3-11-4/h4H,1-3H2,(H,7,9,10)/t4-/m0/s1. The van der Waals surface area contributed by atoms with Gasteiger partial charge in [0.25, 0.3) is 0 Å². The molecule has 2 saturated heterocycles. The Morgan fingerprint density at radius 1 is 1.64 bits per heavy atom. The molecule has 0 bridgehead atoms. The number of carbonyl (C=O) groups excluding carboxylic acids is 2. The SMILES string of the molecule is O=C1CN(C[C@H]2CO2)C(=O)N1. The molecule has 5 nitrogen and oxygen atoms in total. The van der Waals surface area contributed by atoms with Crippen molar-refractivity contribution in [3.8, 4) is 0 Å². The maximum atomic E-state index is 10.9. The van der Waals surface area contributed by atoms with Crippen molar-refractivity contribution in [3.05, 3.63) is 0 Å². The van der Waals surface area contributed by atoms with E-state index in [1.807, 2.05) is 0 Å². The molecule has 0 aromatic heterocycles. The highest BCUT2D eigenvalue weighted by Crippen LogP contribution is 2.12. The van der Waals surface area contributed by atoms with Crippen LogP contribution in [0.25, 0.3) is 0 Å². The van der Waals surface area contributed by atoms with Gasteiger partial charge in [-0.05, 0) is 0 Å². The van der Waals surface area contributed by atoms with Gasteiger partial charge >= 0.3 is 6.03 Å². The summed E-state index contributed by atoms with van der Waals surface area (Å²) in [7, 11) is 0. The molecule has 0 unspecified atom stereocenters. The molecule has 0 aromatic rings. The number of amides is 3. The van der Waals surface area contributed by atoms with E-state index in [1.165, 1.54) is 4.90 Å². The zero-order valence-electron chi connectivity index (χ0n) is 5.87. The van der Waals surface area contributed by atoms with Crippen LogP contribution in [0.15, 0.2) is 0 Å². The van der Waals surface area contributed by atoms with Gasteiger partial charge in [-0.2, -0.15) is 0 Å². The molecule has 2 rings (SSSR count). The van der Waals surface area contributed by atoms with E-state index in [1.54, 1.807) is 0 Å². The number of epoxide rings is 1. The number of nitrogens with zero attached hydrogens (tertiary/aromatic N) is 1. The van der Waals surface area contributed by atoms with Gasteiger partial charge in [0.2, 0.25) is 5.91 Å². The molecule has 2 heterocycles. The number of hydrogen-bond acceptors (Lipinski definition) is 3. The van der Waals surface area contributed by atoms with Crippen molar-refractivity contribution in [2.45, 2.75) is 6.10 Å². The van der Waals surface area contributed by atoms with Crippen molar-refractivity contribution in [2.24, 2.45) is 0 Å². The minimum atomic E-state index is -0.300. The maximum Gasteiger partial charge on any atom is 0.324 e. The lowest BCUT2D eigenvalue weighted by molar-refractivity contribution is -0.118. The van der Waals surface area contributed by atoms with Gasteiger partial charge in [0, 0.05) is 0 Å². The summed E-state index contributed by atoms with van der Waals surface area (Å²) in [6.45, 7) is 1.42. The number of urea groups is 1. The fourth-order valence-electron chi connectivity index (χ4n) is 1.05. The summed E-state index contributed by atoms with van der Waals surface area (Å²) in [6.07, 6.45) is 0.159. The highest BCUT2D eigenvalue weighted by molar-refractivity contribution is 6.01. The van der Waals surface area contributed by atoms with E-state index < -0.39 is 0 Å². The van der Waals surface area contributed by atoms with Crippen molar-refractivity contribution in [1.29, 1.82) is 0 Å². The first kappa shape index (κ1) is 6.60. The van der Waals surface area contributed by atoms with Gasteiger partial charge in [-0.1, -0.05) is 0 Å². The van der Waals surface area contributed by atoms with Crippen LogP contribution in [0.5, 0.6) is 0 Å². The third-order valence-electron chi connectivity index (χ3n) is 1.69. The smallest absolute Gasteiger partial charge is 0.324 e. The van der Waals surface area contributed by atoms with E-state index >= 15 is 0 Å². The third-order valence-corrected chi connectivity index (χ3v) is 1.69. The van der Waals surface area contributed by atoms with Crippen molar-refractivity contribution in [3.63, 3.8) is 0 Å². The first-order valence-electron chi connectivity index (χ1n) is 3.46. The Morgan fingerprint density at radius 3 is 2.82 bits per heavy atom. The Hall–Kier alpha value is -1.10. The summed E-state index contributed by atoms with van der Waals surface area (Å²) in [5.41, 5.74) is 0. The van der Waals surface area contributed by atoms with Crippen molar-refractivity contribution in [1.82, 2.24) is 10.2 Å². The summed E-state index contributed by atoms with van der Waals surface area (Å²) in [5.74, 6) is -0.226. The number of rotatable bonds is 2. The maximum absolute atomic E-state index is 10.9. The van der Waals surface area contributed by atoms with Crippen LogP contribution in [0, 0.1) is 0 Å². The molecule has 3 amide bonds. The Kier molecular flexibility index (Phi) is 1.32. The van der Waals surface area contributed by atoms with Crippen LogP contribution >= 0.6 is 0 Å². The van der Waals surface area contributed by atoms with Gasteiger partial charge in [-0.25, -0.2) is 4.79 Å². The van der Waals surface area contributed by atoms with Crippen LogP contribution in [0.3, 0.4) is 0 Å². The molecule has 5 heteroatoms. The van der Waals surface area contributed by atoms with Gasteiger partial charge < -0.3 is 9.64 Å². The number of nitrogens with one attached hydrogen (secondary N) is 1. The zero-order valence-corrected chi connectivity index (χ0v) is 5.87. The average Bonchev–Trinajstić information content (AvgIpc) is 2.64. The van der Waals surface area contributed by atoms with Gasteiger partial charge in [0.05, 0.1) is 19.3 Å². The highest BCUT2D eigenvalue weighted by atomic mass is 16.6. The summed E-state index contributed by atoms with van der Waals surface area (Å²) in [6, 6.07) is -0.300. The molecular weight excluding hydrogens is 148 g/mol. The van der Waals surface area contributed by atoms with Crippen molar-refractivity contribution < 1.29 is 14.3 Å². The number of hydrogen-bond donors (Lipinski definition) is 1. The van der Waals surface area contributed by atoms with E-state index in [2.05, 4.69) is 5.32 Å². The van der Waals surface area contributed by atoms with E-state index in [9.17, 15) is 9.59 Å². The van der Waals surface area contributed by atoms with E-state index in [0.29, 0.717) is 13.2 Å². The van der Waals surface area contributed by atoms with Gasteiger partial charge in [-0.3, -0.25) is 10.1 Å². The molecule has 0 aromatic carbocycles. The third kappa shape index (κ3) is 1.32. The number of imide groups is 1. The summed E-state index contributed by atoms with van der Waals surface area (Å²) in [4.78, 5) is 23.0. The minimum Gasteiger partial charge on any atom is -0.371 e. The first-order valence-corrected chi connectivity index (χ1v) is 3.46. The van der Waals surface area contributed by atoms with Crippen molar-refractivity contribution >= 4 is 11.9 Å². The fourth-order valence-corrected chi connectivity index (χ4v) is 1.05. The molecule has 60 valence electrons. The molecule has 11 heavy (non-hydrogen) atoms. The molecule has 1 N–H and O–H groups in total. The van der Waals surface area contributed by atoms with E-state index in [0.717, 1.165) is 0 Å². The molecule has 0 aliphatic carbocycles. The van der Waals surface area contributed by atoms with Crippen LogP contribution in [0.1, 0.15) is 0 Å². The first-order chi connectivity index (χ1) is 5.25. The molecular formula is C6H8N2O3. The fraction of sp³-hybridized carbons (Fsp3) is 0.667. The number of carbonyl (C=O) groups is 2. The monoisotopic (exact) mass is 156 g/mol. The Bertz CT molecular complexity index is 212. The lowest BCUT2D eigenvalue weighted by atomic mass is 10.4. The molecule has 0 radical (unpaired) electrons. The lowest BCUT2D eigenvalue weighted by Gasteiger charge is -2.09. The van der Waals surface area contributed by atoms with Crippen LogP contribution in [0.4, 0.5) is 4.79 Å². The van der Waals surface area contributed by atoms with Crippen LogP contribution in [-0.4, -0.2) is 42.6 Å². The topological polar surface area (TPSA) is 61.9 Å². The van der Waals surface area contributed by atoms with Crippen LogP contribution in [0.2, 0.25) is 0 Å². The Balaban J connectivity index is 1.91. The molecule has 2 aliphatic rings. The Morgan fingerprint density at radius 2 is 2.36 bits per heavy atom.